The third-order valence-corrected chi connectivity index (χ3v) is 4.46. The molecule has 2 nitrogen and oxygen atoms in total. The van der Waals surface area contributed by atoms with Gasteiger partial charge in [-0.15, -0.1) is 0 Å². The Kier molecular flexibility index (Phi) is 3.54. The molecule has 0 heterocycles. The van der Waals surface area contributed by atoms with Gasteiger partial charge in [0.25, 0.3) is 0 Å². The Labute approximate surface area is 125 Å². The molecule has 21 heavy (non-hydrogen) atoms. The Hall–Kier alpha value is -2.09. The summed E-state index contributed by atoms with van der Waals surface area (Å²) in [5.74, 6) is 1.09. The number of Topliss-reactive ketones (excluding diaryl/α,β-unsaturated/α-hetero) is 1. The van der Waals surface area contributed by atoms with E-state index in [2.05, 4.69) is 18.2 Å². The van der Waals surface area contributed by atoms with Crippen LogP contribution in [0.4, 0.5) is 0 Å². The number of carbonyl (C=O) groups excluding carboxylic acids is 1. The largest absolute Gasteiger partial charge is 0.496 e. The smallest absolute Gasteiger partial charge is 0.170 e. The van der Waals surface area contributed by atoms with E-state index in [0.717, 1.165) is 35.3 Å². The number of hydrogen-bond donors (Lipinski definition) is 0. The highest BCUT2D eigenvalue weighted by molar-refractivity contribution is 6.03. The lowest BCUT2D eigenvalue weighted by molar-refractivity contribution is 0.0959. The quantitative estimate of drug-likeness (QED) is 0.787. The summed E-state index contributed by atoms with van der Waals surface area (Å²) in [6, 6.07) is 12.2. The van der Waals surface area contributed by atoms with Gasteiger partial charge in [0.15, 0.2) is 5.78 Å². The van der Waals surface area contributed by atoms with Crippen LogP contribution in [0.2, 0.25) is 0 Å². The van der Waals surface area contributed by atoms with Gasteiger partial charge in [0.2, 0.25) is 0 Å². The van der Waals surface area contributed by atoms with Gasteiger partial charge in [-0.1, -0.05) is 24.3 Å². The van der Waals surface area contributed by atoms with Gasteiger partial charge >= 0.3 is 0 Å². The van der Waals surface area contributed by atoms with Crippen molar-refractivity contribution in [3.05, 3.63) is 64.2 Å². The molecule has 1 aliphatic carbocycles. The lowest BCUT2D eigenvalue weighted by atomic mass is 9.89. The average molecular weight is 280 g/mol. The van der Waals surface area contributed by atoms with Gasteiger partial charge < -0.3 is 4.74 Å². The van der Waals surface area contributed by atoms with Gasteiger partial charge in [-0.3, -0.25) is 4.79 Å². The average Bonchev–Trinajstić information content (AvgIpc) is 2.92. The van der Waals surface area contributed by atoms with E-state index in [-0.39, 0.29) is 11.7 Å². The minimum Gasteiger partial charge on any atom is -0.496 e. The van der Waals surface area contributed by atoms with E-state index in [1.54, 1.807) is 7.11 Å². The maximum atomic E-state index is 12.9. The first kappa shape index (κ1) is 13.9. The molecule has 1 unspecified atom stereocenters. The van der Waals surface area contributed by atoms with Gasteiger partial charge in [0.1, 0.15) is 5.75 Å². The molecule has 0 fully saturated rings. The van der Waals surface area contributed by atoms with Crippen molar-refractivity contribution in [2.45, 2.75) is 32.6 Å². The van der Waals surface area contributed by atoms with Crippen molar-refractivity contribution in [2.75, 3.05) is 7.11 Å². The molecule has 0 spiro atoms. The van der Waals surface area contributed by atoms with Crippen LogP contribution < -0.4 is 4.74 Å². The molecule has 0 amide bonds. The number of rotatable bonds is 3. The molecule has 1 aliphatic rings. The van der Waals surface area contributed by atoms with Crippen LogP contribution in [0.3, 0.4) is 0 Å². The molecule has 0 saturated carbocycles. The van der Waals surface area contributed by atoms with Crippen LogP contribution >= 0.6 is 0 Å². The fourth-order valence-electron chi connectivity index (χ4n) is 3.29. The second-order valence-electron chi connectivity index (χ2n) is 5.79. The first-order valence-corrected chi connectivity index (χ1v) is 7.39. The van der Waals surface area contributed by atoms with E-state index >= 15 is 0 Å². The molecule has 2 heteroatoms. The number of methoxy groups -OCH3 is 1. The van der Waals surface area contributed by atoms with Crippen LogP contribution in [0.15, 0.2) is 36.4 Å². The molecule has 108 valence electrons. The third-order valence-electron chi connectivity index (χ3n) is 4.46. The van der Waals surface area contributed by atoms with Crippen LogP contribution in [-0.4, -0.2) is 12.9 Å². The number of carbonyl (C=O) groups is 1. The normalized spacial score (nSPS) is 16.6. The Balaban J connectivity index is 1.99. The van der Waals surface area contributed by atoms with Crippen LogP contribution in [-0.2, 0) is 6.42 Å². The molecule has 0 N–H and O–H groups in total. The lowest BCUT2D eigenvalue weighted by Crippen LogP contribution is -2.12. The zero-order valence-electron chi connectivity index (χ0n) is 12.8. The lowest BCUT2D eigenvalue weighted by Gasteiger charge is -2.15. The van der Waals surface area contributed by atoms with Crippen molar-refractivity contribution >= 4 is 5.78 Å². The molecule has 2 aromatic rings. The van der Waals surface area contributed by atoms with Crippen molar-refractivity contribution in [3.8, 4) is 5.75 Å². The summed E-state index contributed by atoms with van der Waals surface area (Å²) in [5.41, 5.74) is 5.36. The maximum Gasteiger partial charge on any atom is 0.170 e. The molecule has 0 bridgehead atoms. The van der Waals surface area contributed by atoms with Crippen LogP contribution in [0.1, 0.15) is 45.0 Å². The molecule has 0 saturated heterocycles. The topological polar surface area (TPSA) is 26.3 Å². The summed E-state index contributed by atoms with van der Waals surface area (Å²) in [4.78, 5) is 12.9. The fraction of sp³-hybridized carbons (Fsp3) is 0.316. The van der Waals surface area contributed by atoms with E-state index in [1.807, 2.05) is 32.0 Å². The molecule has 1 atom stereocenters. The van der Waals surface area contributed by atoms with E-state index in [1.165, 1.54) is 11.1 Å². The number of ketones is 1. The zero-order chi connectivity index (χ0) is 15.0. The molecule has 0 aromatic heterocycles. The highest BCUT2D eigenvalue weighted by Gasteiger charge is 2.29. The fourth-order valence-corrected chi connectivity index (χ4v) is 3.29. The van der Waals surface area contributed by atoms with Gasteiger partial charge in [0, 0.05) is 11.5 Å². The number of aryl methyl sites for hydroxylation is 3. The standard InChI is InChI=1S/C19H20O2/c1-12-11-18(21-3)13(2)10-17(12)19(20)16-9-8-14-6-4-5-7-15(14)16/h4-7,10-11,16H,8-9H2,1-3H3. The van der Waals surface area contributed by atoms with Crippen LogP contribution in [0.5, 0.6) is 5.75 Å². The maximum absolute atomic E-state index is 12.9. The van der Waals surface area contributed by atoms with Gasteiger partial charge in [-0.2, -0.15) is 0 Å². The molecule has 0 radical (unpaired) electrons. The first-order chi connectivity index (χ1) is 10.1. The predicted octanol–water partition coefficient (Wildman–Crippen LogP) is 4.22. The van der Waals surface area contributed by atoms with Crippen molar-refractivity contribution in [1.29, 1.82) is 0 Å². The van der Waals surface area contributed by atoms with Crippen molar-refractivity contribution in [2.24, 2.45) is 0 Å². The van der Waals surface area contributed by atoms with Gasteiger partial charge in [-0.05, 0) is 61.1 Å². The van der Waals surface area contributed by atoms with E-state index < -0.39 is 0 Å². The Bertz CT molecular complexity index is 701. The summed E-state index contributed by atoms with van der Waals surface area (Å²) in [7, 11) is 1.66. The molecule has 2 aromatic carbocycles. The highest BCUT2D eigenvalue weighted by atomic mass is 16.5. The van der Waals surface area contributed by atoms with Gasteiger partial charge in [0.05, 0.1) is 7.11 Å². The Morgan fingerprint density at radius 1 is 1.14 bits per heavy atom. The predicted molar refractivity (Wildman–Crippen MR) is 84.3 cm³/mol. The third kappa shape index (κ3) is 2.35. The van der Waals surface area contributed by atoms with Crippen LogP contribution in [0.25, 0.3) is 0 Å². The zero-order valence-corrected chi connectivity index (χ0v) is 12.8. The molecular formula is C19H20O2. The molecule has 0 aliphatic heterocycles. The summed E-state index contributed by atoms with van der Waals surface area (Å²) in [6.07, 6.45) is 1.92. The van der Waals surface area contributed by atoms with Crippen molar-refractivity contribution in [1.82, 2.24) is 0 Å². The van der Waals surface area contributed by atoms with Gasteiger partial charge in [-0.25, -0.2) is 0 Å². The second kappa shape index (κ2) is 5.36. The minimum atomic E-state index is 0.00712. The first-order valence-electron chi connectivity index (χ1n) is 7.39. The van der Waals surface area contributed by atoms with Crippen molar-refractivity contribution in [3.63, 3.8) is 0 Å². The van der Waals surface area contributed by atoms with Crippen molar-refractivity contribution < 1.29 is 9.53 Å². The summed E-state index contributed by atoms with van der Waals surface area (Å²) in [5, 5.41) is 0. The molecular weight excluding hydrogens is 260 g/mol. The second-order valence-corrected chi connectivity index (χ2v) is 5.79. The highest BCUT2D eigenvalue weighted by Crippen LogP contribution is 2.36. The number of benzene rings is 2. The summed E-state index contributed by atoms with van der Waals surface area (Å²) >= 11 is 0. The Morgan fingerprint density at radius 2 is 1.90 bits per heavy atom. The number of ether oxygens (including phenoxy) is 1. The van der Waals surface area contributed by atoms with Crippen LogP contribution in [0, 0.1) is 13.8 Å². The van der Waals surface area contributed by atoms with E-state index in [4.69, 9.17) is 4.74 Å². The van der Waals surface area contributed by atoms with E-state index in [9.17, 15) is 4.79 Å². The van der Waals surface area contributed by atoms with E-state index in [0.29, 0.717) is 0 Å². The summed E-state index contributed by atoms with van der Waals surface area (Å²) < 4.78 is 5.33. The SMILES string of the molecule is COc1cc(C)c(C(=O)C2CCc3ccccc32)cc1C. The monoisotopic (exact) mass is 280 g/mol. The Morgan fingerprint density at radius 3 is 2.67 bits per heavy atom. The molecule has 3 rings (SSSR count). The number of fused-ring (bicyclic) bond motifs is 1. The number of hydrogen-bond acceptors (Lipinski definition) is 2. The minimum absolute atomic E-state index is 0.00712. The summed E-state index contributed by atoms with van der Waals surface area (Å²) in [6.45, 7) is 3.97.